The second kappa shape index (κ2) is 3.86. The number of para-hydroxylation sites is 2. The minimum Gasteiger partial charge on any atom is -0.480 e. The zero-order valence-electron chi connectivity index (χ0n) is 10.1. The Balaban J connectivity index is 2.73. The molecule has 0 radical (unpaired) electrons. The van der Waals surface area contributed by atoms with Gasteiger partial charge in [-0.1, -0.05) is 31.8 Å². The van der Waals surface area contributed by atoms with E-state index in [-0.39, 0.29) is 0 Å². The first-order valence-corrected chi connectivity index (χ1v) is 8.83. The minimum atomic E-state index is -1.51. The maximum Gasteiger partial charge on any atom is 0.231 e. The molecule has 2 rings (SSSR count). The largest absolute Gasteiger partial charge is 0.480 e. The molecular formula is C12H16N2OSi. The minimum absolute atomic E-state index is 0.679. The fourth-order valence-electron chi connectivity index (χ4n) is 1.61. The molecule has 1 aromatic heterocycles. The Bertz CT molecular complexity index is 520. The van der Waals surface area contributed by atoms with Crippen LogP contribution in [-0.4, -0.2) is 25.2 Å². The molecule has 2 aromatic rings. The van der Waals surface area contributed by atoms with Gasteiger partial charge in [0.05, 0.1) is 23.5 Å². The van der Waals surface area contributed by atoms with Crippen LogP contribution in [0.4, 0.5) is 0 Å². The van der Waals surface area contributed by atoms with E-state index < -0.39 is 8.07 Å². The molecule has 0 aliphatic rings. The lowest BCUT2D eigenvalue weighted by molar-refractivity contribution is 0.401. The Kier molecular flexibility index (Phi) is 2.67. The molecule has 4 heteroatoms. The maximum absolute atomic E-state index is 5.34. The van der Waals surface area contributed by atoms with Crippen LogP contribution in [0.25, 0.3) is 11.0 Å². The Morgan fingerprint density at radius 2 is 1.56 bits per heavy atom. The number of nitrogens with zero attached hydrogens (tertiary/aromatic N) is 2. The molecule has 0 N–H and O–H groups in total. The maximum atomic E-state index is 5.34. The molecule has 1 heterocycles. The monoisotopic (exact) mass is 232 g/mol. The molecule has 3 nitrogen and oxygen atoms in total. The third kappa shape index (κ3) is 1.93. The molecule has 0 unspecified atom stereocenters. The summed E-state index contributed by atoms with van der Waals surface area (Å²) in [6.45, 7) is 6.73. The lowest BCUT2D eigenvalue weighted by Gasteiger charge is -2.18. The standard InChI is InChI=1S/C12H16N2OSi/c1-15-11-12(16(2,3)4)14-10-8-6-5-7-9(10)13-11/h5-8H,1-4H3. The van der Waals surface area contributed by atoms with Crippen LogP contribution in [0.2, 0.25) is 19.6 Å². The van der Waals surface area contributed by atoms with Gasteiger partial charge in [0.2, 0.25) is 5.88 Å². The zero-order chi connectivity index (χ0) is 11.8. The van der Waals surface area contributed by atoms with Gasteiger partial charge in [-0.3, -0.25) is 4.98 Å². The molecule has 0 aliphatic carbocycles. The average Bonchev–Trinajstić information content (AvgIpc) is 2.26. The highest BCUT2D eigenvalue weighted by Gasteiger charge is 2.24. The fraction of sp³-hybridized carbons (Fsp3) is 0.333. The van der Waals surface area contributed by atoms with Crippen LogP contribution >= 0.6 is 0 Å². The highest BCUT2D eigenvalue weighted by molar-refractivity contribution is 6.88. The predicted octanol–water partition coefficient (Wildman–Crippen LogP) is 2.18. The normalized spacial score (nSPS) is 11.8. The topological polar surface area (TPSA) is 35.0 Å². The van der Waals surface area contributed by atoms with Crippen LogP contribution < -0.4 is 10.1 Å². The van der Waals surface area contributed by atoms with Crippen LogP contribution in [0.1, 0.15) is 0 Å². The van der Waals surface area contributed by atoms with E-state index in [2.05, 4.69) is 24.6 Å². The first kappa shape index (κ1) is 11.1. The molecule has 0 spiro atoms. The lowest BCUT2D eigenvalue weighted by Crippen LogP contribution is -2.41. The van der Waals surface area contributed by atoms with Crippen molar-refractivity contribution in [2.45, 2.75) is 19.6 Å². The molecule has 0 amide bonds. The second-order valence-electron chi connectivity index (χ2n) is 4.82. The van der Waals surface area contributed by atoms with Crippen molar-refractivity contribution < 1.29 is 4.74 Å². The SMILES string of the molecule is COc1nc2ccccc2nc1[Si](C)(C)C. The number of benzene rings is 1. The number of ether oxygens (including phenoxy) is 1. The van der Waals surface area contributed by atoms with E-state index in [1.54, 1.807) is 7.11 Å². The molecule has 0 fully saturated rings. The third-order valence-corrected chi connectivity index (χ3v) is 4.19. The Labute approximate surface area is 96.5 Å². The van der Waals surface area contributed by atoms with E-state index >= 15 is 0 Å². The summed E-state index contributed by atoms with van der Waals surface area (Å²) in [4.78, 5) is 9.20. The highest BCUT2D eigenvalue weighted by atomic mass is 28.3. The van der Waals surface area contributed by atoms with Crippen LogP contribution in [0.5, 0.6) is 5.88 Å². The van der Waals surface area contributed by atoms with E-state index in [9.17, 15) is 0 Å². The summed E-state index contributed by atoms with van der Waals surface area (Å²) in [6, 6.07) is 7.90. The van der Waals surface area contributed by atoms with E-state index in [1.165, 1.54) is 0 Å². The summed E-state index contributed by atoms with van der Waals surface area (Å²) >= 11 is 0. The molecule has 0 saturated heterocycles. The van der Waals surface area contributed by atoms with E-state index in [0.29, 0.717) is 5.88 Å². The van der Waals surface area contributed by atoms with Crippen molar-refractivity contribution in [2.24, 2.45) is 0 Å². The number of methoxy groups -OCH3 is 1. The Hall–Kier alpha value is -1.42. The van der Waals surface area contributed by atoms with Gasteiger partial charge in [-0.15, -0.1) is 0 Å². The van der Waals surface area contributed by atoms with Crippen LogP contribution in [-0.2, 0) is 0 Å². The molecule has 16 heavy (non-hydrogen) atoms. The van der Waals surface area contributed by atoms with Crippen LogP contribution in [0.3, 0.4) is 0 Å². The molecule has 84 valence electrons. The summed E-state index contributed by atoms with van der Waals surface area (Å²) in [5.41, 5.74) is 1.84. The van der Waals surface area contributed by atoms with Crippen molar-refractivity contribution in [3.63, 3.8) is 0 Å². The second-order valence-corrected chi connectivity index (χ2v) is 9.79. The van der Waals surface area contributed by atoms with E-state index in [0.717, 1.165) is 16.4 Å². The molecular weight excluding hydrogens is 216 g/mol. The number of aromatic nitrogens is 2. The van der Waals surface area contributed by atoms with Crippen LogP contribution in [0, 0.1) is 0 Å². The van der Waals surface area contributed by atoms with Gasteiger partial charge >= 0.3 is 0 Å². The number of hydrogen-bond donors (Lipinski definition) is 0. The summed E-state index contributed by atoms with van der Waals surface area (Å²) in [5.74, 6) is 0.679. The summed E-state index contributed by atoms with van der Waals surface area (Å²) in [7, 11) is 0.140. The van der Waals surface area contributed by atoms with Crippen molar-refractivity contribution in [1.82, 2.24) is 9.97 Å². The van der Waals surface area contributed by atoms with E-state index in [4.69, 9.17) is 9.72 Å². The van der Waals surface area contributed by atoms with Gasteiger partial charge in [0.1, 0.15) is 8.07 Å². The van der Waals surface area contributed by atoms with E-state index in [1.807, 2.05) is 24.3 Å². The first-order valence-electron chi connectivity index (χ1n) is 5.33. The molecule has 1 aromatic carbocycles. The van der Waals surface area contributed by atoms with Gasteiger partial charge in [-0.2, -0.15) is 0 Å². The van der Waals surface area contributed by atoms with Gasteiger partial charge in [-0.05, 0) is 12.1 Å². The lowest BCUT2D eigenvalue weighted by atomic mass is 10.3. The number of rotatable bonds is 2. The Morgan fingerprint density at radius 3 is 2.06 bits per heavy atom. The van der Waals surface area contributed by atoms with Crippen molar-refractivity contribution in [1.29, 1.82) is 0 Å². The molecule has 0 aliphatic heterocycles. The smallest absolute Gasteiger partial charge is 0.231 e. The van der Waals surface area contributed by atoms with Gasteiger partial charge in [0, 0.05) is 0 Å². The first-order chi connectivity index (χ1) is 7.52. The van der Waals surface area contributed by atoms with Crippen molar-refractivity contribution in [3.8, 4) is 5.88 Å². The quantitative estimate of drug-likeness (QED) is 0.744. The fourth-order valence-corrected chi connectivity index (χ4v) is 2.87. The van der Waals surface area contributed by atoms with Crippen molar-refractivity contribution in [3.05, 3.63) is 24.3 Å². The third-order valence-electron chi connectivity index (χ3n) is 2.44. The summed E-state index contributed by atoms with van der Waals surface area (Å²) in [6.07, 6.45) is 0. The summed E-state index contributed by atoms with van der Waals surface area (Å²) in [5, 5.41) is 1.04. The Morgan fingerprint density at radius 1 is 1.00 bits per heavy atom. The summed E-state index contributed by atoms with van der Waals surface area (Å²) < 4.78 is 5.34. The van der Waals surface area contributed by atoms with Crippen molar-refractivity contribution >= 4 is 24.4 Å². The van der Waals surface area contributed by atoms with Gasteiger partial charge in [-0.25, -0.2) is 4.98 Å². The highest BCUT2D eigenvalue weighted by Crippen LogP contribution is 2.15. The van der Waals surface area contributed by atoms with Crippen molar-refractivity contribution in [2.75, 3.05) is 7.11 Å². The number of hydrogen-bond acceptors (Lipinski definition) is 3. The predicted molar refractivity (Wildman–Crippen MR) is 69.1 cm³/mol. The zero-order valence-corrected chi connectivity index (χ0v) is 11.1. The average molecular weight is 232 g/mol. The van der Waals surface area contributed by atoms with Gasteiger partial charge in [0.25, 0.3) is 0 Å². The number of fused-ring (bicyclic) bond motifs is 1. The van der Waals surface area contributed by atoms with Gasteiger partial charge < -0.3 is 4.74 Å². The molecule has 0 saturated carbocycles. The molecule has 0 bridgehead atoms. The van der Waals surface area contributed by atoms with Gasteiger partial charge in [0.15, 0.2) is 0 Å². The van der Waals surface area contributed by atoms with Crippen LogP contribution in [0.15, 0.2) is 24.3 Å². The molecule has 0 atom stereocenters.